The van der Waals surface area contributed by atoms with Gasteiger partial charge >= 0.3 is 0 Å². The number of hydrogen-bond donors (Lipinski definition) is 2. The average molecular weight is 392 g/mol. The molecule has 0 aliphatic rings. The minimum absolute atomic E-state index is 0.131. The van der Waals surface area contributed by atoms with Crippen molar-refractivity contribution in [3.05, 3.63) is 65.7 Å². The Hall–Kier alpha value is -3.61. The fourth-order valence-corrected chi connectivity index (χ4v) is 2.75. The number of anilines is 3. The van der Waals surface area contributed by atoms with Crippen LogP contribution in [0, 0.1) is 6.92 Å². The van der Waals surface area contributed by atoms with Crippen LogP contribution in [0.1, 0.15) is 17.5 Å². The highest BCUT2D eigenvalue weighted by Gasteiger charge is 2.08. The van der Waals surface area contributed by atoms with Crippen molar-refractivity contribution in [3.63, 3.8) is 0 Å². The van der Waals surface area contributed by atoms with Gasteiger partial charge in [-0.25, -0.2) is 0 Å². The maximum absolute atomic E-state index is 12.2. The molecule has 0 aliphatic heterocycles. The summed E-state index contributed by atoms with van der Waals surface area (Å²) in [6.45, 7) is 2.03. The van der Waals surface area contributed by atoms with Gasteiger partial charge < -0.3 is 20.1 Å². The maximum Gasteiger partial charge on any atom is 0.225 e. The van der Waals surface area contributed by atoms with E-state index in [-0.39, 0.29) is 5.91 Å². The van der Waals surface area contributed by atoms with Gasteiger partial charge in [-0.15, -0.1) is 10.2 Å². The number of benzene rings is 2. The quantitative estimate of drug-likeness (QED) is 0.600. The van der Waals surface area contributed by atoms with Crippen LogP contribution in [0.25, 0.3) is 0 Å². The first-order chi connectivity index (χ1) is 14.1. The minimum atomic E-state index is -0.131. The topological polar surface area (TPSA) is 85.4 Å². The molecule has 0 atom stereocenters. The van der Waals surface area contributed by atoms with Crippen LogP contribution in [0.15, 0.2) is 54.6 Å². The Morgan fingerprint density at radius 3 is 2.24 bits per heavy atom. The maximum atomic E-state index is 12.2. The number of ether oxygens (including phenoxy) is 2. The van der Waals surface area contributed by atoms with Crippen molar-refractivity contribution in [2.24, 2.45) is 0 Å². The Labute approximate surface area is 170 Å². The Bertz CT molecular complexity index is 957. The molecule has 0 spiro atoms. The lowest BCUT2D eigenvalue weighted by Gasteiger charge is -2.10. The van der Waals surface area contributed by atoms with E-state index in [0.29, 0.717) is 36.0 Å². The lowest BCUT2D eigenvalue weighted by molar-refractivity contribution is -0.116. The van der Waals surface area contributed by atoms with Crippen LogP contribution in [-0.4, -0.2) is 30.3 Å². The third-order valence-electron chi connectivity index (χ3n) is 4.34. The van der Waals surface area contributed by atoms with E-state index in [2.05, 4.69) is 20.8 Å². The Balaban J connectivity index is 1.52. The van der Waals surface area contributed by atoms with Gasteiger partial charge in [0.15, 0.2) is 23.1 Å². The summed E-state index contributed by atoms with van der Waals surface area (Å²) in [5.74, 6) is 2.20. The number of nitrogens with zero attached hydrogens (tertiary/aromatic N) is 2. The number of carbonyl (C=O) groups excluding carboxylic acids is 1. The Morgan fingerprint density at radius 2 is 1.59 bits per heavy atom. The van der Waals surface area contributed by atoms with Crippen LogP contribution >= 0.6 is 0 Å². The van der Waals surface area contributed by atoms with E-state index in [1.165, 1.54) is 5.56 Å². The molecule has 2 aromatic carbocycles. The van der Waals surface area contributed by atoms with Crippen molar-refractivity contribution in [2.45, 2.75) is 19.8 Å². The summed E-state index contributed by atoms with van der Waals surface area (Å²) < 4.78 is 10.5. The van der Waals surface area contributed by atoms with Crippen molar-refractivity contribution in [3.8, 4) is 11.5 Å². The van der Waals surface area contributed by atoms with E-state index in [0.717, 1.165) is 11.3 Å². The molecule has 0 unspecified atom stereocenters. The molecule has 29 heavy (non-hydrogen) atoms. The van der Waals surface area contributed by atoms with Gasteiger partial charge in [0, 0.05) is 12.1 Å². The molecule has 0 saturated carbocycles. The van der Waals surface area contributed by atoms with Gasteiger partial charge in [-0.05, 0) is 55.3 Å². The number of aromatic nitrogens is 2. The molecular formula is C22H24N4O3. The highest BCUT2D eigenvalue weighted by molar-refractivity contribution is 5.89. The average Bonchev–Trinajstić information content (AvgIpc) is 2.75. The molecule has 3 aromatic rings. The molecule has 3 rings (SSSR count). The second-order valence-electron chi connectivity index (χ2n) is 6.53. The van der Waals surface area contributed by atoms with Gasteiger partial charge in [0.1, 0.15) is 0 Å². The summed E-state index contributed by atoms with van der Waals surface area (Å²) in [6, 6.07) is 17.1. The predicted octanol–water partition coefficient (Wildman–Crippen LogP) is 4.12. The SMILES string of the molecule is COc1ccc(CCC(=O)Nc2ccc(Nc3ccc(C)cc3)nn2)cc1OC. The van der Waals surface area contributed by atoms with Gasteiger partial charge in [-0.2, -0.15) is 0 Å². The molecule has 150 valence electrons. The van der Waals surface area contributed by atoms with E-state index in [4.69, 9.17) is 9.47 Å². The zero-order valence-corrected chi connectivity index (χ0v) is 16.7. The zero-order valence-electron chi connectivity index (χ0n) is 16.7. The summed E-state index contributed by atoms with van der Waals surface area (Å²) in [5.41, 5.74) is 3.10. The smallest absolute Gasteiger partial charge is 0.225 e. The van der Waals surface area contributed by atoms with Crippen molar-refractivity contribution >= 4 is 23.2 Å². The van der Waals surface area contributed by atoms with E-state index in [1.807, 2.05) is 49.4 Å². The molecule has 7 heteroatoms. The first-order valence-corrected chi connectivity index (χ1v) is 9.25. The van der Waals surface area contributed by atoms with Crippen molar-refractivity contribution in [1.29, 1.82) is 0 Å². The Morgan fingerprint density at radius 1 is 0.897 bits per heavy atom. The fraction of sp³-hybridized carbons (Fsp3) is 0.227. The molecule has 0 fully saturated rings. The highest BCUT2D eigenvalue weighted by Crippen LogP contribution is 2.28. The molecule has 1 amide bonds. The molecular weight excluding hydrogens is 368 g/mol. The monoisotopic (exact) mass is 392 g/mol. The summed E-state index contributed by atoms with van der Waals surface area (Å²) in [7, 11) is 3.18. The van der Waals surface area contributed by atoms with Crippen LogP contribution in [0.4, 0.5) is 17.3 Å². The second-order valence-corrected chi connectivity index (χ2v) is 6.53. The molecule has 7 nitrogen and oxygen atoms in total. The van der Waals surface area contributed by atoms with Crippen molar-refractivity contribution < 1.29 is 14.3 Å². The summed E-state index contributed by atoms with van der Waals surface area (Å²) in [5, 5.41) is 14.1. The lowest BCUT2D eigenvalue weighted by Crippen LogP contribution is -2.14. The summed E-state index contributed by atoms with van der Waals surface area (Å²) in [6.07, 6.45) is 0.896. The first-order valence-electron chi connectivity index (χ1n) is 9.25. The van der Waals surface area contributed by atoms with Crippen LogP contribution in [0.3, 0.4) is 0 Å². The largest absolute Gasteiger partial charge is 0.493 e. The third-order valence-corrected chi connectivity index (χ3v) is 4.34. The van der Waals surface area contributed by atoms with Crippen molar-refractivity contribution in [2.75, 3.05) is 24.9 Å². The normalized spacial score (nSPS) is 10.3. The van der Waals surface area contributed by atoms with E-state index in [9.17, 15) is 4.79 Å². The number of nitrogens with one attached hydrogen (secondary N) is 2. The number of rotatable bonds is 8. The molecule has 1 aromatic heterocycles. The highest BCUT2D eigenvalue weighted by atomic mass is 16.5. The molecule has 0 saturated heterocycles. The van der Waals surface area contributed by atoms with E-state index in [1.54, 1.807) is 26.4 Å². The van der Waals surface area contributed by atoms with Gasteiger partial charge in [-0.3, -0.25) is 4.79 Å². The molecule has 0 radical (unpaired) electrons. The summed E-state index contributed by atoms with van der Waals surface area (Å²) in [4.78, 5) is 12.2. The zero-order chi connectivity index (χ0) is 20.6. The number of aryl methyl sites for hydroxylation is 2. The summed E-state index contributed by atoms with van der Waals surface area (Å²) >= 11 is 0. The number of methoxy groups -OCH3 is 2. The van der Waals surface area contributed by atoms with Crippen molar-refractivity contribution in [1.82, 2.24) is 10.2 Å². The van der Waals surface area contributed by atoms with Gasteiger partial charge in [0.05, 0.1) is 14.2 Å². The van der Waals surface area contributed by atoms with Gasteiger partial charge in [0.25, 0.3) is 0 Å². The third kappa shape index (κ3) is 5.68. The number of carbonyl (C=O) groups is 1. The first kappa shape index (κ1) is 20.1. The fourth-order valence-electron chi connectivity index (χ4n) is 2.75. The van der Waals surface area contributed by atoms with Crippen LogP contribution in [0.2, 0.25) is 0 Å². The standard InChI is InChI=1S/C22H24N4O3/c1-15-4-8-17(9-5-15)23-20-11-12-21(26-25-20)24-22(27)13-7-16-6-10-18(28-2)19(14-16)29-3/h4-6,8-12,14H,7,13H2,1-3H3,(H,23,25)(H,24,26,27). The molecule has 2 N–H and O–H groups in total. The van der Waals surface area contributed by atoms with Crippen LogP contribution in [0.5, 0.6) is 11.5 Å². The van der Waals surface area contributed by atoms with Crippen LogP contribution in [-0.2, 0) is 11.2 Å². The van der Waals surface area contributed by atoms with Crippen LogP contribution < -0.4 is 20.1 Å². The molecule has 0 bridgehead atoms. The minimum Gasteiger partial charge on any atom is -0.493 e. The molecule has 1 heterocycles. The van der Waals surface area contributed by atoms with E-state index >= 15 is 0 Å². The number of amides is 1. The predicted molar refractivity (Wildman–Crippen MR) is 113 cm³/mol. The van der Waals surface area contributed by atoms with Gasteiger partial charge in [0.2, 0.25) is 5.91 Å². The second kappa shape index (κ2) is 9.54. The lowest BCUT2D eigenvalue weighted by atomic mass is 10.1. The van der Waals surface area contributed by atoms with Gasteiger partial charge in [-0.1, -0.05) is 23.8 Å². The van der Waals surface area contributed by atoms with E-state index < -0.39 is 0 Å². The Kier molecular flexibility index (Phi) is 6.63. The molecule has 0 aliphatic carbocycles. The number of hydrogen-bond acceptors (Lipinski definition) is 6.